The van der Waals surface area contributed by atoms with Crippen molar-refractivity contribution in [2.75, 3.05) is 21.0 Å². The van der Waals surface area contributed by atoms with Crippen LogP contribution >= 0.6 is 34.7 Å². The molecule has 0 saturated heterocycles. The molecule has 4 rings (SSSR count). The van der Waals surface area contributed by atoms with E-state index < -0.39 is 0 Å². The fraction of sp³-hybridized carbons (Fsp3) is 0.286. The van der Waals surface area contributed by atoms with Gasteiger partial charge in [-0.15, -0.1) is 11.3 Å². The molecule has 1 aromatic heterocycles. The number of methoxy groups -OCH3 is 2. The predicted molar refractivity (Wildman–Crippen MR) is 117 cm³/mol. The van der Waals surface area contributed by atoms with Crippen molar-refractivity contribution in [2.24, 2.45) is 0 Å². The highest BCUT2D eigenvalue weighted by Gasteiger charge is 2.17. The Hall–Kier alpha value is -1.93. The van der Waals surface area contributed by atoms with Gasteiger partial charge < -0.3 is 18.9 Å². The first kappa shape index (κ1) is 20.3. The van der Waals surface area contributed by atoms with E-state index in [4.69, 9.17) is 35.5 Å². The largest absolute Gasteiger partial charge is 0.493 e. The van der Waals surface area contributed by atoms with Crippen molar-refractivity contribution in [2.45, 2.75) is 18.1 Å². The van der Waals surface area contributed by atoms with Crippen LogP contribution in [0.5, 0.6) is 17.2 Å². The average molecular weight is 450 g/mol. The molecule has 29 heavy (non-hydrogen) atoms. The van der Waals surface area contributed by atoms with E-state index in [-0.39, 0.29) is 6.79 Å². The Kier molecular flexibility index (Phi) is 6.50. The number of hydrogen-bond donors (Lipinski definition) is 0. The highest BCUT2D eigenvalue weighted by atomic mass is 35.5. The maximum atomic E-state index is 6.24. The normalized spacial score (nSPS) is 12.9. The van der Waals surface area contributed by atoms with Crippen LogP contribution in [-0.4, -0.2) is 26.0 Å². The minimum absolute atomic E-state index is 0.285. The van der Waals surface area contributed by atoms with Gasteiger partial charge in [-0.2, -0.15) is 11.8 Å². The van der Waals surface area contributed by atoms with E-state index in [1.165, 1.54) is 0 Å². The summed E-state index contributed by atoms with van der Waals surface area (Å²) in [6.45, 7) is 0.821. The summed E-state index contributed by atoms with van der Waals surface area (Å²) >= 11 is 9.65. The van der Waals surface area contributed by atoms with E-state index in [0.29, 0.717) is 23.1 Å². The zero-order valence-corrected chi connectivity index (χ0v) is 18.5. The van der Waals surface area contributed by atoms with Crippen molar-refractivity contribution in [3.8, 4) is 27.8 Å². The molecule has 0 N–H and O–H groups in total. The predicted octanol–water partition coefficient (Wildman–Crippen LogP) is 5.78. The first-order valence-electron chi connectivity index (χ1n) is 8.94. The SMILES string of the molecule is COc1ccc(-c2nc(CSCc3cc(Cl)cc4c3OCOC4)cs2)cc1OC. The van der Waals surface area contributed by atoms with Crippen LogP contribution in [0, 0.1) is 0 Å². The maximum Gasteiger partial charge on any atom is 0.189 e. The summed E-state index contributed by atoms with van der Waals surface area (Å²) in [5, 5.41) is 3.76. The van der Waals surface area contributed by atoms with E-state index >= 15 is 0 Å². The maximum absolute atomic E-state index is 6.24. The highest BCUT2D eigenvalue weighted by Crippen LogP contribution is 2.36. The lowest BCUT2D eigenvalue weighted by Crippen LogP contribution is -2.12. The van der Waals surface area contributed by atoms with Gasteiger partial charge in [0.2, 0.25) is 0 Å². The molecule has 0 aliphatic carbocycles. The van der Waals surface area contributed by atoms with Crippen LogP contribution in [0.3, 0.4) is 0 Å². The number of ether oxygens (including phenoxy) is 4. The number of halogens is 1. The van der Waals surface area contributed by atoms with Gasteiger partial charge in [0, 0.05) is 38.6 Å². The number of thioether (sulfide) groups is 1. The lowest BCUT2D eigenvalue weighted by Gasteiger charge is -2.21. The summed E-state index contributed by atoms with van der Waals surface area (Å²) in [5.74, 6) is 3.91. The van der Waals surface area contributed by atoms with E-state index in [1.54, 1.807) is 37.3 Å². The molecule has 0 fully saturated rings. The first-order valence-corrected chi connectivity index (χ1v) is 11.4. The molecule has 0 bridgehead atoms. The molecule has 1 aliphatic heterocycles. The van der Waals surface area contributed by atoms with Gasteiger partial charge in [0.25, 0.3) is 0 Å². The van der Waals surface area contributed by atoms with Gasteiger partial charge in [-0.1, -0.05) is 11.6 Å². The van der Waals surface area contributed by atoms with Crippen LogP contribution in [0.15, 0.2) is 35.7 Å². The van der Waals surface area contributed by atoms with E-state index in [9.17, 15) is 0 Å². The number of thiazole rings is 1. The Morgan fingerprint density at radius 2 is 2.00 bits per heavy atom. The lowest BCUT2D eigenvalue weighted by molar-refractivity contribution is -0.0168. The Morgan fingerprint density at radius 3 is 2.83 bits per heavy atom. The summed E-state index contributed by atoms with van der Waals surface area (Å²) in [7, 11) is 3.27. The summed E-state index contributed by atoms with van der Waals surface area (Å²) in [5.41, 5.74) is 4.16. The van der Waals surface area contributed by atoms with Crippen LogP contribution in [0.25, 0.3) is 10.6 Å². The van der Waals surface area contributed by atoms with Crippen LogP contribution in [0.2, 0.25) is 5.02 Å². The van der Waals surface area contributed by atoms with Crippen molar-refractivity contribution < 1.29 is 18.9 Å². The molecule has 3 aromatic rings. The van der Waals surface area contributed by atoms with Crippen LogP contribution in [-0.2, 0) is 22.8 Å². The molecular weight excluding hydrogens is 430 g/mol. The second-order valence-corrected chi connectivity index (χ2v) is 8.65. The molecular formula is C21H20ClNO4S2. The third kappa shape index (κ3) is 4.64. The minimum Gasteiger partial charge on any atom is -0.493 e. The molecule has 8 heteroatoms. The fourth-order valence-corrected chi connectivity index (χ4v) is 5.18. The lowest BCUT2D eigenvalue weighted by atomic mass is 10.1. The molecule has 5 nitrogen and oxygen atoms in total. The van der Waals surface area contributed by atoms with Crippen molar-refractivity contribution in [3.63, 3.8) is 0 Å². The van der Waals surface area contributed by atoms with Gasteiger partial charge in [-0.05, 0) is 30.3 Å². The van der Waals surface area contributed by atoms with Gasteiger partial charge in [0.05, 0.1) is 26.5 Å². The number of nitrogens with zero attached hydrogens (tertiary/aromatic N) is 1. The minimum atomic E-state index is 0.285. The third-order valence-corrected chi connectivity index (χ3v) is 6.61. The van der Waals surface area contributed by atoms with Gasteiger partial charge in [0.15, 0.2) is 18.3 Å². The quantitative estimate of drug-likeness (QED) is 0.455. The Balaban J connectivity index is 1.43. The number of benzene rings is 2. The smallest absolute Gasteiger partial charge is 0.189 e. The van der Waals surface area contributed by atoms with E-state index in [2.05, 4.69) is 5.38 Å². The summed E-state index contributed by atoms with van der Waals surface area (Å²) in [6, 6.07) is 9.71. The number of fused-ring (bicyclic) bond motifs is 1. The highest BCUT2D eigenvalue weighted by molar-refractivity contribution is 7.97. The topological polar surface area (TPSA) is 49.8 Å². The second kappa shape index (κ2) is 9.26. The van der Waals surface area contributed by atoms with Crippen molar-refractivity contribution in [1.29, 1.82) is 0 Å². The van der Waals surface area contributed by atoms with Crippen LogP contribution in [0.4, 0.5) is 0 Å². The molecule has 2 aromatic carbocycles. The van der Waals surface area contributed by atoms with Gasteiger partial charge in [0.1, 0.15) is 10.8 Å². The number of hydrogen-bond acceptors (Lipinski definition) is 7. The molecule has 0 saturated carbocycles. The Labute approximate surface area is 182 Å². The standard InChI is InChI=1S/C21H20ClNO4S2/c1-24-18-4-3-13(7-19(18)25-2)21-23-17(11-29-21)10-28-9-15-6-16(22)5-14-8-26-12-27-20(14)15/h3-7,11H,8-10,12H2,1-2H3. The van der Waals surface area contributed by atoms with Crippen molar-refractivity contribution in [1.82, 2.24) is 4.98 Å². The van der Waals surface area contributed by atoms with Gasteiger partial charge in [-0.3, -0.25) is 0 Å². The molecule has 0 atom stereocenters. The summed E-state index contributed by atoms with van der Waals surface area (Å²) < 4.78 is 21.7. The van der Waals surface area contributed by atoms with Crippen molar-refractivity contribution >= 4 is 34.7 Å². The monoisotopic (exact) mass is 449 g/mol. The fourth-order valence-electron chi connectivity index (χ4n) is 3.10. The molecule has 0 radical (unpaired) electrons. The summed E-state index contributed by atoms with van der Waals surface area (Å²) in [4.78, 5) is 4.77. The molecule has 0 spiro atoms. The zero-order chi connectivity index (χ0) is 20.2. The Bertz CT molecular complexity index is 1010. The molecule has 1 aliphatic rings. The zero-order valence-electron chi connectivity index (χ0n) is 16.1. The Morgan fingerprint density at radius 1 is 1.14 bits per heavy atom. The van der Waals surface area contributed by atoms with Crippen LogP contribution in [0.1, 0.15) is 16.8 Å². The van der Waals surface area contributed by atoms with Gasteiger partial charge in [-0.25, -0.2) is 4.98 Å². The van der Waals surface area contributed by atoms with Gasteiger partial charge >= 0.3 is 0 Å². The molecule has 0 unspecified atom stereocenters. The summed E-state index contributed by atoms with van der Waals surface area (Å²) in [6.07, 6.45) is 0. The second-order valence-electron chi connectivity index (χ2n) is 6.37. The molecule has 152 valence electrons. The molecule has 0 amide bonds. The van der Waals surface area contributed by atoms with Crippen LogP contribution < -0.4 is 14.2 Å². The number of rotatable bonds is 7. The average Bonchev–Trinajstić information content (AvgIpc) is 3.22. The van der Waals surface area contributed by atoms with E-state index in [1.807, 2.05) is 30.3 Å². The molecule has 2 heterocycles. The third-order valence-electron chi connectivity index (χ3n) is 4.44. The number of aromatic nitrogens is 1. The first-order chi connectivity index (χ1) is 14.2. The van der Waals surface area contributed by atoms with Crippen molar-refractivity contribution in [3.05, 3.63) is 57.6 Å². The van der Waals surface area contributed by atoms with E-state index in [0.717, 1.165) is 44.6 Å².